The zero-order valence-corrected chi connectivity index (χ0v) is 24.2. The Bertz CT molecular complexity index is 1650. The van der Waals surface area contributed by atoms with Crippen molar-refractivity contribution >= 4 is 17.3 Å². The Morgan fingerprint density at radius 2 is 1.87 bits per heavy atom. The number of carbonyl (C=O) groups excluding carboxylic acids is 3. The number of benzene rings is 2. The molecule has 2 heterocycles. The summed E-state index contributed by atoms with van der Waals surface area (Å²) in [6.45, 7) is 0.554. The molecule has 238 valence electrons. The van der Waals surface area contributed by atoms with Gasteiger partial charge in [-0.1, -0.05) is 12.1 Å². The number of methoxy groups -OCH3 is 1. The minimum absolute atomic E-state index is 0.00615. The smallest absolute Gasteiger partial charge is 0.228 e. The van der Waals surface area contributed by atoms with Crippen LogP contribution in [0.2, 0.25) is 0 Å². The van der Waals surface area contributed by atoms with Crippen molar-refractivity contribution in [3.63, 3.8) is 0 Å². The number of ether oxygens (including phenoxy) is 5. The summed E-state index contributed by atoms with van der Waals surface area (Å²) in [6, 6.07) is 3.66. The first-order valence-corrected chi connectivity index (χ1v) is 14.2. The quantitative estimate of drug-likeness (QED) is 0.202. The first-order chi connectivity index (χ1) is 21.5. The Hall–Kier alpha value is -4.47. The first kappa shape index (κ1) is 30.6. The Kier molecular flexibility index (Phi) is 7.79. The fourth-order valence-electron chi connectivity index (χ4n) is 6.37. The van der Waals surface area contributed by atoms with Gasteiger partial charge in [-0.15, -0.1) is 0 Å². The molecule has 0 amide bonds. The lowest BCUT2D eigenvalue weighted by Gasteiger charge is -2.43. The fraction of sp³-hybridized carbons (Fsp3) is 0.387. The van der Waals surface area contributed by atoms with Gasteiger partial charge in [-0.2, -0.15) is 0 Å². The number of Topliss-reactive ketones (excluding diaryl/α,β-unsaturated/α-hetero) is 1. The van der Waals surface area contributed by atoms with Gasteiger partial charge < -0.3 is 54.5 Å². The third-order valence-corrected chi connectivity index (χ3v) is 8.59. The molecule has 0 radical (unpaired) electrons. The van der Waals surface area contributed by atoms with Gasteiger partial charge in [0, 0.05) is 36.0 Å². The highest BCUT2D eigenvalue weighted by Crippen LogP contribution is 2.52. The van der Waals surface area contributed by atoms with Crippen LogP contribution in [0.25, 0.3) is 0 Å². The van der Waals surface area contributed by atoms with Gasteiger partial charge in [0.15, 0.2) is 24.1 Å². The van der Waals surface area contributed by atoms with Gasteiger partial charge in [0.05, 0.1) is 42.0 Å². The van der Waals surface area contributed by atoms with E-state index in [1.54, 1.807) is 6.92 Å². The summed E-state index contributed by atoms with van der Waals surface area (Å²) in [7, 11) is 1.32. The Morgan fingerprint density at radius 1 is 1.11 bits per heavy atom. The van der Waals surface area contributed by atoms with Crippen LogP contribution in [0.1, 0.15) is 68.8 Å². The number of aliphatic hydroxyl groups is 3. The van der Waals surface area contributed by atoms with E-state index in [0.29, 0.717) is 0 Å². The summed E-state index contributed by atoms with van der Waals surface area (Å²) in [4.78, 5) is 40.2. The minimum atomic E-state index is -2.28. The number of phenols is 2. The lowest BCUT2D eigenvalue weighted by molar-refractivity contribution is -0.249. The predicted molar refractivity (Wildman–Crippen MR) is 150 cm³/mol. The van der Waals surface area contributed by atoms with Crippen molar-refractivity contribution in [1.29, 1.82) is 0 Å². The largest absolute Gasteiger partial charge is 0.507 e. The molecule has 1 saturated heterocycles. The average molecular weight is 626 g/mol. The number of hydrogen-bond acceptors (Lipinski definition) is 14. The van der Waals surface area contributed by atoms with E-state index in [1.807, 2.05) is 0 Å². The van der Waals surface area contributed by atoms with Crippen LogP contribution in [0.15, 0.2) is 42.9 Å². The Balaban J connectivity index is 1.43. The third kappa shape index (κ3) is 5.00. The number of hydrogen-bond donors (Lipinski definition) is 6. The van der Waals surface area contributed by atoms with Gasteiger partial charge in [-0.3, -0.25) is 14.4 Å². The average Bonchev–Trinajstić information content (AvgIpc) is 3.03. The molecule has 0 saturated carbocycles. The first-order valence-electron chi connectivity index (χ1n) is 14.2. The normalized spacial score (nSPS) is 28.6. The van der Waals surface area contributed by atoms with Gasteiger partial charge in [-0.25, -0.2) is 0 Å². The van der Waals surface area contributed by atoms with E-state index in [2.05, 4.69) is 5.32 Å². The molecular formula is C31H31NO13. The zero-order valence-electron chi connectivity index (χ0n) is 24.2. The van der Waals surface area contributed by atoms with Crippen LogP contribution in [0.4, 0.5) is 0 Å². The molecule has 0 aromatic heterocycles. The lowest BCUT2D eigenvalue weighted by Crippen LogP contribution is -2.54. The highest BCUT2D eigenvalue weighted by molar-refractivity contribution is 6.31. The van der Waals surface area contributed by atoms with Gasteiger partial charge in [-0.05, 0) is 13.0 Å². The van der Waals surface area contributed by atoms with Crippen LogP contribution in [-0.2, 0) is 30.2 Å². The number of rotatable bonds is 7. The Labute approximate surface area is 256 Å². The molecule has 14 nitrogen and oxygen atoms in total. The number of fused-ring (bicyclic) bond motifs is 3. The van der Waals surface area contributed by atoms with Crippen LogP contribution in [0.3, 0.4) is 0 Å². The van der Waals surface area contributed by atoms with Crippen molar-refractivity contribution in [2.45, 2.75) is 62.4 Å². The van der Waals surface area contributed by atoms with E-state index in [9.17, 15) is 39.9 Å². The molecule has 2 aromatic rings. The minimum Gasteiger partial charge on any atom is -0.507 e. The van der Waals surface area contributed by atoms with Crippen molar-refractivity contribution in [2.24, 2.45) is 0 Å². The van der Waals surface area contributed by atoms with E-state index < -0.39 is 95.7 Å². The van der Waals surface area contributed by atoms with E-state index in [0.717, 1.165) is 0 Å². The predicted octanol–water partition coefficient (Wildman–Crippen LogP) is 0.949. The van der Waals surface area contributed by atoms with Gasteiger partial charge in [0.25, 0.3) is 0 Å². The fourth-order valence-corrected chi connectivity index (χ4v) is 6.37. The SMILES string of the molecule is COc1cccc2c1C(=O)c1c(O)c3c(c(O)c1C2=O)C[C@@](O)(C(=O)CO)C[C@@H]3OC1CC(NC2=COC=CO2)C(O)C(C)O1. The molecule has 4 aliphatic rings. The van der Waals surface area contributed by atoms with Crippen molar-refractivity contribution in [1.82, 2.24) is 5.32 Å². The maximum Gasteiger partial charge on any atom is 0.228 e. The summed E-state index contributed by atoms with van der Waals surface area (Å²) in [6.07, 6.45) is -1.56. The number of ketones is 3. The van der Waals surface area contributed by atoms with Crippen molar-refractivity contribution in [2.75, 3.05) is 13.7 Å². The molecular weight excluding hydrogens is 594 g/mol. The number of carbonyl (C=O) groups is 3. The molecule has 4 unspecified atom stereocenters. The molecule has 6 rings (SSSR count). The molecule has 2 aliphatic carbocycles. The topological polar surface area (TPSA) is 211 Å². The maximum absolute atomic E-state index is 13.8. The Morgan fingerprint density at radius 3 is 2.56 bits per heavy atom. The number of aliphatic hydroxyl groups excluding tert-OH is 2. The molecule has 0 spiro atoms. The molecule has 2 aliphatic heterocycles. The summed E-state index contributed by atoms with van der Waals surface area (Å²) in [5, 5.41) is 58.0. The lowest BCUT2D eigenvalue weighted by atomic mass is 9.72. The molecule has 14 heteroatoms. The molecule has 6 atom stereocenters. The zero-order chi connectivity index (χ0) is 32.2. The van der Waals surface area contributed by atoms with Crippen LogP contribution in [-0.4, -0.2) is 86.7 Å². The number of aromatic hydroxyl groups is 2. The third-order valence-electron chi connectivity index (χ3n) is 8.59. The molecule has 2 aromatic carbocycles. The van der Waals surface area contributed by atoms with E-state index in [-0.39, 0.29) is 40.3 Å². The molecule has 0 bridgehead atoms. The summed E-state index contributed by atoms with van der Waals surface area (Å²) in [5.41, 5.74) is -3.77. The highest BCUT2D eigenvalue weighted by Gasteiger charge is 2.50. The van der Waals surface area contributed by atoms with Gasteiger partial charge in [0.2, 0.25) is 11.7 Å². The van der Waals surface area contributed by atoms with Gasteiger partial charge in [0.1, 0.15) is 48.1 Å². The molecule has 1 fully saturated rings. The van der Waals surface area contributed by atoms with E-state index >= 15 is 0 Å². The second kappa shape index (κ2) is 11.5. The highest BCUT2D eigenvalue weighted by atomic mass is 16.7. The number of phenolic OH excluding ortho intramolecular Hbond substituents is 2. The van der Waals surface area contributed by atoms with Crippen LogP contribution in [0, 0.1) is 0 Å². The van der Waals surface area contributed by atoms with Crippen LogP contribution >= 0.6 is 0 Å². The molecule has 45 heavy (non-hydrogen) atoms. The molecule has 6 N–H and O–H groups in total. The monoisotopic (exact) mass is 625 g/mol. The van der Waals surface area contributed by atoms with Crippen molar-refractivity contribution in [3.05, 3.63) is 76.2 Å². The number of nitrogens with one attached hydrogen (secondary N) is 1. The summed E-state index contributed by atoms with van der Waals surface area (Å²) in [5.74, 6) is -3.66. The van der Waals surface area contributed by atoms with Crippen LogP contribution in [0.5, 0.6) is 17.2 Å². The summed E-state index contributed by atoms with van der Waals surface area (Å²) < 4.78 is 27.8. The van der Waals surface area contributed by atoms with E-state index in [1.165, 1.54) is 44.1 Å². The standard InChI is InChI=1S/C31H31NO13/c1-13-26(35)16(32-20-12-42-6-7-43-20)8-21(44-13)45-18-10-31(40,19(34)11-33)9-15-23(18)30(39)25-24(28(15)37)27(36)14-4-3-5-17(41-2)22(14)29(25)38/h3-7,12-13,16,18,21,26,32-33,35,37,39-40H,8-11H2,1-2H3/t13?,16?,18-,21?,26?,31-/m0/s1. The van der Waals surface area contributed by atoms with Crippen LogP contribution < -0.4 is 10.1 Å². The summed E-state index contributed by atoms with van der Waals surface area (Å²) >= 11 is 0. The second-order valence-corrected chi connectivity index (χ2v) is 11.3. The van der Waals surface area contributed by atoms with Gasteiger partial charge >= 0.3 is 0 Å². The van der Waals surface area contributed by atoms with E-state index in [4.69, 9.17) is 23.7 Å². The van der Waals surface area contributed by atoms with Crippen molar-refractivity contribution < 1.29 is 63.6 Å². The van der Waals surface area contributed by atoms with Crippen molar-refractivity contribution in [3.8, 4) is 17.2 Å². The second-order valence-electron chi connectivity index (χ2n) is 11.3. The maximum atomic E-state index is 13.8.